The minimum atomic E-state index is -0.680. The molecule has 3 aromatic rings. The fourth-order valence-corrected chi connectivity index (χ4v) is 3.52. The average molecular weight is 486 g/mol. The first-order chi connectivity index (χ1) is 14.2. The van der Waals surface area contributed by atoms with Crippen molar-refractivity contribution in [1.29, 1.82) is 0 Å². The molecule has 0 aliphatic carbocycles. The van der Waals surface area contributed by atoms with Gasteiger partial charge in [-0.15, -0.1) is 0 Å². The maximum absolute atomic E-state index is 12.4. The SMILES string of the molecule is Cc1nn(Cc2ccccc2Cl)c(C)c1/C=N/NC(=O)c1nc(Cl)c(Cl)c(N)c1Cl. The number of carbonyl (C=O) groups excluding carboxylic acids is 1. The molecule has 0 fully saturated rings. The lowest BCUT2D eigenvalue weighted by atomic mass is 10.2. The molecule has 1 amide bonds. The molecule has 30 heavy (non-hydrogen) atoms. The third kappa shape index (κ3) is 4.54. The van der Waals surface area contributed by atoms with Crippen LogP contribution in [0.5, 0.6) is 0 Å². The first kappa shape index (κ1) is 22.4. The molecule has 156 valence electrons. The van der Waals surface area contributed by atoms with Crippen LogP contribution in [0.15, 0.2) is 29.4 Å². The summed E-state index contributed by atoms with van der Waals surface area (Å²) in [6, 6.07) is 7.55. The second-order valence-corrected chi connectivity index (χ2v) is 7.85. The lowest BCUT2D eigenvalue weighted by Crippen LogP contribution is -2.20. The molecule has 1 aromatic carbocycles. The number of nitrogen functional groups attached to an aromatic ring is 1. The standard InChI is InChI=1S/C19H16Cl4N6O/c1-9-12(10(2)29(28-9)8-11-5-3-4-6-13(11)20)7-25-27-19(30)17-14(21)16(24)15(22)18(23)26-17/h3-7H,8H2,1-2H3,(H2,24,26)(H,27,30)/b25-7+. The van der Waals surface area contributed by atoms with Gasteiger partial charge in [0.2, 0.25) is 0 Å². The Labute approximate surface area is 192 Å². The van der Waals surface area contributed by atoms with Gasteiger partial charge in [-0.1, -0.05) is 64.6 Å². The summed E-state index contributed by atoms with van der Waals surface area (Å²) in [4.78, 5) is 16.2. The van der Waals surface area contributed by atoms with Crippen molar-refractivity contribution in [3.8, 4) is 0 Å². The molecule has 0 unspecified atom stereocenters. The fraction of sp³-hybridized carbons (Fsp3) is 0.158. The molecule has 0 bridgehead atoms. The van der Waals surface area contributed by atoms with Gasteiger partial charge in [0.25, 0.3) is 5.91 Å². The predicted octanol–water partition coefficient (Wildman–Crippen LogP) is 4.90. The number of aryl methyl sites for hydroxylation is 1. The summed E-state index contributed by atoms with van der Waals surface area (Å²) in [5, 5.41) is 8.93. The Morgan fingerprint density at radius 3 is 2.60 bits per heavy atom. The van der Waals surface area contributed by atoms with Crippen molar-refractivity contribution in [1.82, 2.24) is 20.2 Å². The van der Waals surface area contributed by atoms with Gasteiger partial charge < -0.3 is 5.73 Å². The highest BCUT2D eigenvalue weighted by Gasteiger charge is 2.19. The van der Waals surface area contributed by atoms with Gasteiger partial charge in [-0.3, -0.25) is 9.48 Å². The largest absolute Gasteiger partial charge is 0.396 e. The zero-order valence-corrected chi connectivity index (χ0v) is 18.9. The molecule has 0 aliphatic rings. The van der Waals surface area contributed by atoms with Crippen LogP contribution in [0.1, 0.15) is 33.0 Å². The van der Waals surface area contributed by atoms with Gasteiger partial charge in [-0.05, 0) is 25.5 Å². The molecule has 2 heterocycles. The Morgan fingerprint density at radius 1 is 1.20 bits per heavy atom. The summed E-state index contributed by atoms with van der Waals surface area (Å²) in [5.74, 6) is -0.680. The summed E-state index contributed by atoms with van der Waals surface area (Å²) in [6.07, 6.45) is 1.49. The van der Waals surface area contributed by atoms with E-state index in [-0.39, 0.29) is 26.6 Å². The van der Waals surface area contributed by atoms with E-state index in [1.54, 1.807) is 0 Å². The molecule has 0 atom stereocenters. The van der Waals surface area contributed by atoms with Gasteiger partial charge in [0, 0.05) is 16.3 Å². The molecule has 3 N–H and O–H groups in total. The molecule has 7 nitrogen and oxygen atoms in total. The van der Waals surface area contributed by atoms with Crippen LogP contribution in [0.25, 0.3) is 0 Å². The van der Waals surface area contributed by atoms with Crippen molar-refractivity contribution in [2.24, 2.45) is 5.10 Å². The van der Waals surface area contributed by atoms with E-state index < -0.39 is 5.91 Å². The van der Waals surface area contributed by atoms with E-state index in [4.69, 9.17) is 52.1 Å². The van der Waals surface area contributed by atoms with Crippen LogP contribution in [0.2, 0.25) is 20.2 Å². The van der Waals surface area contributed by atoms with E-state index in [1.165, 1.54) is 6.21 Å². The van der Waals surface area contributed by atoms with Gasteiger partial charge >= 0.3 is 0 Å². The number of rotatable bonds is 5. The molecule has 2 aromatic heterocycles. The quantitative estimate of drug-likeness (QED) is 0.305. The van der Waals surface area contributed by atoms with Crippen LogP contribution in [-0.4, -0.2) is 26.9 Å². The van der Waals surface area contributed by atoms with Crippen molar-refractivity contribution < 1.29 is 4.79 Å². The number of anilines is 1. The highest BCUT2D eigenvalue weighted by Crippen LogP contribution is 2.34. The predicted molar refractivity (Wildman–Crippen MR) is 121 cm³/mol. The number of carbonyl (C=O) groups is 1. The zero-order chi connectivity index (χ0) is 22.0. The fourth-order valence-electron chi connectivity index (χ4n) is 2.73. The maximum atomic E-state index is 12.4. The van der Waals surface area contributed by atoms with Crippen molar-refractivity contribution in [3.63, 3.8) is 0 Å². The van der Waals surface area contributed by atoms with Crippen LogP contribution in [-0.2, 0) is 6.54 Å². The number of benzene rings is 1. The molecule has 0 radical (unpaired) electrons. The van der Waals surface area contributed by atoms with Crippen LogP contribution in [0.4, 0.5) is 5.69 Å². The van der Waals surface area contributed by atoms with Crippen molar-refractivity contribution >= 4 is 64.2 Å². The third-order valence-corrected chi connectivity index (χ3v) is 5.87. The van der Waals surface area contributed by atoms with Crippen molar-refractivity contribution in [2.45, 2.75) is 20.4 Å². The highest BCUT2D eigenvalue weighted by atomic mass is 35.5. The maximum Gasteiger partial charge on any atom is 0.291 e. The Morgan fingerprint density at radius 2 is 1.90 bits per heavy atom. The number of aromatic nitrogens is 3. The molecular formula is C19H16Cl4N6O. The molecule has 11 heteroatoms. The Hall–Kier alpha value is -2.32. The number of nitrogens with two attached hydrogens (primary N) is 1. The Balaban J connectivity index is 1.78. The minimum Gasteiger partial charge on any atom is -0.396 e. The summed E-state index contributed by atoms with van der Waals surface area (Å²) >= 11 is 24.0. The number of hydrogen-bond acceptors (Lipinski definition) is 5. The molecule has 0 saturated carbocycles. The summed E-state index contributed by atoms with van der Waals surface area (Å²) in [7, 11) is 0. The van der Waals surface area contributed by atoms with Crippen LogP contribution < -0.4 is 11.2 Å². The van der Waals surface area contributed by atoms with Gasteiger partial charge in [0.05, 0.1) is 29.2 Å². The van der Waals surface area contributed by atoms with Gasteiger partial charge in [0.1, 0.15) is 5.02 Å². The summed E-state index contributed by atoms with van der Waals surface area (Å²) in [5.41, 5.74) is 11.2. The molecule has 0 aliphatic heterocycles. The van der Waals surface area contributed by atoms with Crippen LogP contribution in [0, 0.1) is 13.8 Å². The summed E-state index contributed by atoms with van der Waals surface area (Å²) in [6.45, 7) is 4.25. The number of nitrogens with zero attached hydrogens (tertiary/aromatic N) is 4. The van der Waals surface area contributed by atoms with E-state index in [2.05, 4.69) is 20.6 Å². The highest BCUT2D eigenvalue weighted by molar-refractivity contribution is 6.46. The lowest BCUT2D eigenvalue weighted by Gasteiger charge is -2.07. The average Bonchev–Trinajstić information content (AvgIpc) is 2.98. The van der Waals surface area contributed by atoms with Crippen LogP contribution >= 0.6 is 46.4 Å². The van der Waals surface area contributed by atoms with Crippen molar-refractivity contribution in [2.75, 3.05) is 5.73 Å². The first-order valence-electron chi connectivity index (χ1n) is 8.61. The molecule has 0 spiro atoms. The zero-order valence-electron chi connectivity index (χ0n) is 15.9. The Kier molecular flexibility index (Phi) is 6.88. The minimum absolute atomic E-state index is 0.0149. The number of nitrogens with one attached hydrogen (secondary N) is 1. The number of pyridine rings is 1. The number of amides is 1. The van der Waals surface area contributed by atoms with E-state index in [1.807, 2.05) is 42.8 Å². The van der Waals surface area contributed by atoms with Gasteiger partial charge in [-0.25, -0.2) is 10.4 Å². The second-order valence-electron chi connectivity index (χ2n) is 6.33. The van der Waals surface area contributed by atoms with E-state index in [0.717, 1.165) is 22.5 Å². The van der Waals surface area contributed by atoms with Crippen LogP contribution in [0.3, 0.4) is 0 Å². The monoisotopic (exact) mass is 484 g/mol. The van der Waals surface area contributed by atoms with E-state index in [9.17, 15) is 4.79 Å². The Bertz CT molecular complexity index is 1160. The smallest absolute Gasteiger partial charge is 0.291 e. The molecule has 0 saturated heterocycles. The second kappa shape index (κ2) is 9.22. The number of halogens is 4. The molecular weight excluding hydrogens is 470 g/mol. The summed E-state index contributed by atoms with van der Waals surface area (Å²) < 4.78 is 1.82. The molecule has 3 rings (SSSR count). The normalized spacial score (nSPS) is 11.3. The number of hydrazone groups is 1. The van der Waals surface area contributed by atoms with Gasteiger partial charge in [-0.2, -0.15) is 10.2 Å². The van der Waals surface area contributed by atoms with E-state index in [0.29, 0.717) is 11.6 Å². The van der Waals surface area contributed by atoms with E-state index >= 15 is 0 Å². The lowest BCUT2D eigenvalue weighted by molar-refractivity contribution is 0.0950. The van der Waals surface area contributed by atoms with Crippen molar-refractivity contribution in [3.05, 3.63) is 72.7 Å². The van der Waals surface area contributed by atoms with Gasteiger partial charge in [0.15, 0.2) is 10.8 Å². The topological polar surface area (TPSA) is 98.2 Å². The number of hydrogen-bond donors (Lipinski definition) is 2. The third-order valence-electron chi connectivity index (χ3n) is 4.36. The first-order valence-corrected chi connectivity index (χ1v) is 10.1.